The third-order valence-electron chi connectivity index (χ3n) is 6.23. The molecule has 0 bridgehead atoms. The van der Waals surface area contributed by atoms with Crippen LogP contribution in [0, 0.1) is 0 Å². The predicted octanol–water partition coefficient (Wildman–Crippen LogP) is 3.95. The maximum absolute atomic E-state index is 13.3. The van der Waals surface area contributed by atoms with Gasteiger partial charge in [0.15, 0.2) is 12.4 Å². The second kappa shape index (κ2) is 7.21. The van der Waals surface area contributed by atoms with Crippen LogP contribution < -0.4 is 9.47 Å². The molecule has 2 aromatic rings. The van der Waals surface area contributed by atoms with Crippen LogP contribution in [0.3, 0.4) is 0 Å². The largest absolute Gasteiger partial charge is 0.488 e. The molecule has 1 heterocycles. The van der Waals surface area contributed by atoms with E-state index in [1.165, 1.54) is 0 Å². The predicted molar refractivity (Wildman–Crippen MR) is 111 cm³/mol. The highest BCUT2D eigenvalue weighted by Gasteiger charge is 2.53. The minimum Gasteiger partial charge on any atom is -0.488 e. The number of carbonyl (C=O) groups excluding carboxylic acids is 2. The van der Waals surface area contributed by atoms with Crippen LogP contribution in [-0.2, 0) is 10.2 Å². The normalized spacial score (nSPS) is 20.9. The molecule has 0 aromatic heterocycles. The van der Waals surface area contributed by atoms with E-state index in [-0.39, 0.29) is 35.7 Å². The molecule has 0 saturated heterocycles. The van der Waals surface area contributed by atoms with Crippen LogP contribution in [0.15, 0.2) is 42.5 Å². The molecule has 1 amide bonds. The topological polar surface area (TPSA) is 55.8 Å². The first-order valence-corrected chi connectivity index (χ1v) is 10.2. The van der Waals surface area contributed by atoms with Crippen LogP contribution in [0.2, 0.25) is 0 Å². The average molecular weight is 393 g/mol. The van der Waals surface area contributed by atoms with E-state index >= 15 is 0 Å². The van der Waals surface area contributed by atoms with Gasteiger partial charge in [-0.15, -0.1) is 0 Å². The van der Waals surface area contributed by atoms with Crippen LogP contribution in [0.25, 0.3) is 0 Å². The summed E-state index contributed by atoms with van der Waals surface area (Å²) in [6, 6.07) is 13.3. The van der Waals surface area contributed by atoms with Crippen molar-refractivity contribution in [3.05, 3.63) is 59.2 Å². The van der Waals surface area contributed by atoms with Gasteiger partial charge in [-0.3, -0.25) is 9.59 Å². The van der Waals surface area contributed by atoms with Crippen molar-refractivity contribution >= 4 is 11.7 Å². The van der Waals surface area contributed by atoms with Gasteiger partial charge in [0.05, 0.1) is 5.92 Å². The zero-order valence-corrected chi connectivity index (χ0v) is 17.4. The molecule has 2 unspecified atom stereocenters. The fourth-order valence-corrected chi connectivity index (χ4v) is 4.55. The molecule has 2 aliphatic rings. The summed E-state index contributed by atoms with van der Waals surface area (Å²) in [6.07, 6.45) is -0.257. The summed E-state index contributed by atoms with van der Waals surface area (Å²) in [5, 5.41) is 0. The van der Waals surface area contributed by atoms with E-state index in [2.05, 4.69) is 13.8 Å². The van der Waals surface area contributed by atoms with E-state index in [0.717, 1.165) is 16.9 Å². The van der Waals surface area contributed by atoms with Crippen LogP contribution >= 0.6 is 0 Å². The van der Waals surface area contributed by atoms with Gasteiger partial charge in [-0.2, -0.15) is 0 Å². The Balaban J connectivity index is 1.63. The summed E-state index contributed by atoms with van der Waals surface area (Å²) in [7, 11) is 0. The van der Waals surface area contributed by atoms with Crippen LogP contribution in [-0.4, -0.2) is 42.4 Å². The van der Waals surface area contributed by atoms with Gasteiger partial charge in [-0.25, -0.2) is 0 Å². The van der Waals surface area contributed by atoms with Crippen LogP contribution in [0.4, 0.5) is 0 Å². The number of hydrogen-bond donors (Lipinski definition) is 0. The molecule has 0 saturated carbocycles. The number of rotatable bonds is 5. The Morgan fingerprint density at radius 3 is 2.59 bits per heavy atom. The van der Waals surface area contributed by atoms with Crippen molar-refractivity contribution in [1.82, 2.24) is 4.90 Å². The highest BCUT2D eigenvalue weighted by molar-refractivity contribution is 6.05. The number of ether oxygens (including phenoxy) is 2. The van der Waals surface area contributed by atoms with Crippen molar-refractivity contribution < 1.29 is 19.1 Å². The Bertz CT molecular complexity index is 961. The SMILES string of the molecule is CCN(CC)C(=O)COc1ccc2c(c1)C(C)(C)C1Oc3ccccc3C1C2=O. The fraction of sp³-hybridized carbons (Fsp3) is 0.417. The Kier molecular flexibility index (Phi) is 4.85. The Hall–Kier alpha value is -2.82. The second-order valence-electron chi connectivity index (χ2n) is 8.20. The molecule has 4 rings (SSSR count). The maximum Gasteiger partial charge on any atom is 0.260 e. The van der Waals surface area contributed by atoms with Crippen molar-refractivity contribution in [3.63, 3.8) is 0 Å². The minimum absolute atomic E-state index is 0.0111. The van der Waals surface area contributed by atoms with Gasteiger partial charge < -0.3 is 14.4 Å². The summed E-state index contributed by atoms with van der Waals surface area (Å²) in [5.41, 5.74) is 2.20. The molecule has 0 N–H and O–H groups in total. The molecule has 2 atom stereocenters. The lowest BCUT2D eigenvalue weighted by atomic mass is 9.65. The van der Waals surface area contributed by atoms with Gasteiger partial charge in [0.1, 0.15) is 17.6 Å². The Morgan fingerprint density at radius 1 is 1.14 bits per heavy atom. The summed E-state index contributed by atoms with van der Waals surface area (Å²) in [6.45, 7) is 9.41. The van der Waals surface area contributed by atoms with Gasteiger partial charge >= 0.3 is 0 Å². The number of ketones is 1. The molecule has 2 aromatic carbocycles. The monoisotopic (exact) mass is 393 g/mol. The molecule has 1 aliphatic heterocycles. The van der Waals surface area contributed by atoms with Crippen molar-refractivity contribution in [3.8, 4) is 11.5 Å². The second-order valence-corrected chi connectivity index (χ2v) is 8.20. The highest BCUT2D eigenvalue weighted by Crippen LogP contribution is 2.52. The average Bonchev–Trinajstić information content (AvgIpc) is 3.12. The van der Waals surface area contributed by atoms with E-state index in [9.17, 15) is 9.59 Å². The molecule has 29 heavy (non-hydrogen) atoms. The minimum atomic E-state index is -0.380. The first kappa shape index (κ1) is 19.5. The number of hydrogen-bond acceptors (Lipinski definition) is 4. The van der Waals surface area contributed by atoms with Crippen molar-refractivity contribution in [2.45, 2.75) is 45.1 Å². The zero-order chi connectivity index (χ0) is 20.8. The molecule has 0 fully saturated rings. The van der Waals surface area contributed by atoms with Gasteiger partial charge in [0, 0.05) is 29.6 Å². The standard InChI is InChI=1S/C24H27NO4/c1-5-25(6-2)20(26)14-28-15-11-12-16-18(13-15)24(3,4)23-21(22(16)27)17-9-7-8-10-19(17)29-23/h7-13,21,23H,5-6,14H2,1-4H3. The molecule has 152 valence electrons. The number of para-hydroxylation sites is 1. The number of carbonyl (C=O) groups is 2. The van der Waals surface area contributed by atoms with E-state index in [0.29, 0.717) is 24.4 Å². The van der Waals surface area contributed by atoms with Gasteiger partial charge in [-0.1, -0.05) is 32.0 Å². The molecule has 5 nitrogen and oxygen atoms in total. The van der Waals surface area contributed by atoms with Gasteiger partial charge in [0.2, 0.25) is 0 Å². The lowest BCUT2D eigenvalue weighted by Crippen LogP contribution is -2.47. The maximum atomic E-state index is 13.3. The van der Waals surface area contributed by atoms with E-state index in [1.54, 1.807) is 11.0 Å². The zero-order valence-electron chi connectivity index (χ0n) is 17.4. The molecule has 1 aliphatic carbocycles. The third-order valence-corrected chi connectivity index (χ3v) is 6.23. The quantitative estimate of drug-likeness (QED) is 0.772. The Labute approximate surface area is 171 Å². The van der Waals surface area contributed by atoms with E-state index in [4.69, 9.17) is 9.47 Å². The van der Waals surface area contributed by atoms with E-state index < -0.39 is 0 Å². The summed E-state index contributed by atoms with van der Waals surface area (Å²) in [5.74, 6) is 1.14. The highest BCUT2D eigenvalue weighted by atomic mass is 16.5. The molecule has 0 spiro atoms. The number of nitrogens with zero attached hydrogens (tertiary/aromatic N) is 1. The Morgan fingerprint density at radius 2 is 1.86 bits per heavy atom. The smallest absolute Gasteiger partial charge is 0.260 e. The number of fused-ring (bicyclic) bond motifs is 4. The third kappa shape index (κ3) is 3.09. The van der Waals surface area contributed by atoms with E-state index in [1.807, 2.05) is 50.2 Å². The first-order chi connectivity index (χ1) is 13.9. The van der Waals surface area contributed by atoms with Crippen LogP contribution in [0.1, 0.15) is 55.1 Å². The molecule has 0 radical (unpaired) electrons. The lowest BCUT2D eigenvalue weighted by Gasteiger charge is -2.40. The summed E-state index contributed by atoms with van der Waals surface area (Å²) < 4.78 is 12.0. The van der Waals surface area contributed by atoms with Gasteiger partial charge in [0.25, 0.3) is 5.91 Å². The molecular weight excluding hydrogens is 366 g/mol. The van der Waals surface area contributed by atoms with Crippen molar-refractivity contribution in [2.75, 3.05) is 19.7 Å². The number of Topliss-reactive ketones (excluding diaryl/α,β-unsaturated/α-hetero) is 1. The fourth-order valence-electron chi connectivity index (χ4n) is 4.55. The van der Waals surface area contributed by atoms with Crippen molar-refractivity contribution in [2.24, 2.45) is 0 Å². The van der Waals surface area contributed by atoms with Crippen molar-refractivity contribution in [1.29, 1.82) is 0 Å². The lowest BCUT2D eigenvalue weighted by molar-refractivity contribution is -0.132. The summed E-state index contributed by atoms with van der Waals surface area (Å²) >= 11 is 0. The molecule has 5 heteroatoms. The summed E-state index contributed by atoms with van der Waals surface area (Å²) in [4.78, 5) is 27.3. The van der Waals surface area contributed by atoms with Gasteiger partial charge in [-0.05, 0) is 43.7 Å². The van der Waals surface area contributed by atoms with Crippen LogP contribution in [0.5, 0.6) is 11.5 Å². The first-order valence-electron chi connectivity index (χ1n) is 10.2. The number of benzene rings is 2. The number of amides is 1. The number of likely N-dealkylation sites (N-methyl/N-ethyl adjacent to an activating group) is 1. The molecular formula is C24H27NO4.